The van der Waals surface area contributed by atoms with Crippen molar-refractivity contribution in [1.29, 1.82) is 0 Å². The quantitative estimate of drug-likeness (QED) is 0.438. The predicted molar refractivity (Wildman–Crippen MR) is 62.2 cm³/mol. The lowest BCUT2D eigenvalue weighted by atomic mass is 10.2. The Kier molecular flexibility index (Phi) is 2.92. The molecule has 1 aromatic carbocycles. The van der Waals surface area contributed by atoms with E-state index in [-0.39, 0.29) is 9.40 Å². The summed E-state index contributed by atoms with van der Waals surface area (Å²) < 4.78 is 38.3. The number of non-ortho nitro benzene ring substituents is 1. The van der Waals surface area contributed by atoms with Crippen molar-refractivity contribution in [1.82, 2.24) is 0 Å². The van der Waals surface area contributed by atoms with Gasteiger partial charge in [0.25, 0.3) is 5.69 Å². The minimum atomic E-state index is -4.60. The van der Waals surface area contributed by atoms with Crippen LogP contribution in [0.3, 0.4) is 0 Å². The fourth-order valence-corrected chi connectivity index (χ4v) is 3.84. The third-order valence-corrected chi connectivity index (χ3v) is 4.58. The fraction of sp³-hybridized carbons (Fsp3) is 0.125. The van der Waals surface area contributed by atoms with E-state index in [0.29, 0.717) is 9.20 Å². The van der Waals surface area contributed by atoms with Crippen LogP contribution in [0.2, 0.25) is 0 Å². The van der Waals surface area contributed by atoms with Gasteiger partial charge >= 0.3 is 6.18 Å². The first-order valence-electron chi connectivity index (χ1n) is 4.08. The van der Waals surface area contributed by atoms with Gasteiger partial charge in [0.2, 0.25) is 0 Å². The molecule has 0 amide bonds. The van der Waals surface area contributed by atoms with E-state index in [9.17, 15) is 23.3 Å². The van der Waals surface area contributed by atoms with Crippen molar-refractivity contribution in [3.8, 4) is 0 Å². The molecule has 0 unspecified atom stereocenters. The molecule has 0 saturated carbocycles. The molecule has 0 aliphatic rings. The second kappa shape index (κ2) is 4.00. The van der Waals surface area contributed by atoms with Crippen molar-refractivity contribution in [3.05, 3.63) is 30.9 Å². The molecule has 0 radical (unpaired) electrons. The number of nitro benzene ring substituents is 1. The maximum Gasteiger partial charge on any atom is 0.416 e. The molecule has 0 bridgehead atoms. The highest BCUT2D eigenvalue weighted by atomic mass is 32.2. The van der Waals surface area contributed by atoms with E-state index in [1.807, 2.05) is 0 Å². The first-order valence-corrected chi connectivity index (χ1v) is 6.12. The lowest BCUT2D eigenvalue weighted by molar-refractivity contribution is -0.383. The number of rotatable bonds is 1. The Bertz CT molecular complexity index is 658. The normalized spacial score (nSPS) is 11.9. The smallest absolute Gasteiger partial charge is 0.258 e. The van der Waals surface area contributed by atoms with Gasteiger partial charge in [0, 0.05) is 6.07 Å². The lowest BCUT2D eigenvalue weighted by Gasteiger charge is -2.06. The Morgan fingerprint density at radius 2 is 1.94 bits per heavy atom. The van der Waals surface area contributed by atoms with Crippen LogP contribution in [0, 0.1) is 13.3 Å². The minimum Gasteiger partial charge on any atom is -0.258 e. The van der Waals surface area contributed by atoms with E-state index >= 15 is 0 Å². The molecule has 1 heterocycles. The third kappa shape index (κ3) is 2.31. The molecular formula is C8H2F3NO2S3. The van der Waals surface area contributed by atoms with Crippen molar-refractivity contribution in [2.24, 2.45) is 0 Å². The Labute approximate surface area is 105 Å². The Morgan fingerprint density at radius 1 is 1.29 bits per heavy atom. The number of alkyl halides is 3. The van der Waals surface area contributed by atoms with Gasteiger partial charge in [0.1, 0.15) is 7.84 Å². The molecule has 0 aliphatic heterocycles. The second-order valence-corrected chi connectivity index (χ2v) is 6.29. The predicted octanol–water partition coefficient (Wildman–Crippen LogP) is 4.62. The largest absolute Gasteiger partial charge is 0.416 e. The van der Waals surface area contributed by atoms with E-state index in [4.69, 9.17) is 12.2 Å². The SMILES string of the molecule is O=[N+]([O-])c1cc(C(F)(F)F)cc2sc(=S)sc12. The number of nitro groups is 1. The molecule has 9 heteroatoms. The molecule has 0 saturated heterocycles. The molecule has 2 aromatic rings. The molecule has 2 rings (SSSR count). The number of fused-ring (bicyclic) bond motifs is 1. The first kappa shape index (κ1) is 12.4. The van der Waals surface area contributed by atoms with E-state index in [1.165, 1.54) is 0 Å². The van der Waals surface area contributed by atoms with Crippen molar-refractivity contribution in [2.45, 2.75) is 6.18 Å². The van der Waals surface area contributed by atoms with Crippen molar-refractivity contribution >= 4 is 50.0 Å². The summed E-state index contributed by atoms with van der Waals surface area (Å²) in [6, 6.07) is 1.43. The second-order valence-electron chi connectivity index (χ2n) is 3.03. The summed E-state index contributed by atoms with van der Waals surface area (Å²) in [6.45, 7) is 0. The number of halogens is 3. The summed E-state index contributed by atoms with van der Waals surface area (Å²) in [6.07, 6.45) is -4.60. The Morgan fingerprint density at radius 3 is 2.47 bits per heavy atom. The van der Waals surface area contributed by atoms with Crippen LogP contribution >= 0.6 is 34.9 Å². The molecule has 0 atom stereocenters. The molecule has 1 aromatic heterocycles. The standard InChI is InChI=1S/C8H2F3NO2S3/c9-8(10,11)3-1-4(12(13)14)6-5(2-3)16-7(15)17-6/h1-2H. The average molecular weight is 297 g/mol. The van der Waals surface area contributed by atoms with Crippen LogP contribution in [0.25, 0.3) is 9.40 Å². The van der Waals surface area contributed by atoms with E-state index in [1.54, 1.807) is 0 Å². The van der Waals surface area contributed by atoms with Gasteiger partial charge in [0.05, 0.1) is 15.2 Å². The number of benzene rings is 1. The third-order valence-electron chi connectivity index (χ3n) is 1.94. The highest BCUT2D eigenvalue weighted by molar-refractivity contribution is 7.77. The van der Waals surface area contributed by atoms with Gasteiger partial charge in [-0.25, -0.2) is 0 Å². The van der Waals surface area contributed by atoms with Gasteiger partial charge in [-0.3, -0.25) is 10.1 Å². The minimum absolute atomic E-state index is 0.193. The highest BCUT2D eigenvalue weighted by Crippen LogP contribution is 2.40. The zero-order valence-electron chi connectivity index (χ0n) is 7.78. The van der Waals surface area contributed by atoms with Crippen molar-refractivity contribution in [3.63, 3.8) is 0 Å². The van der Waals surface area contributed by atoms with Gasteiger partial charge in [0.15, 0.2) is 0 Å². The summed E-state index contributed by atoms with van der Waals surface area (Å²) in [7, 11) is 0. The molecule has 0 aliphatic carbocycles. The Hall–Kier alpha value is -1.06. The van der Waals surface area contributed by atoms with Gasteiger partial charge in [-0.1, -0.05) is 12.2 Å². The van der Waals surface area contributed by atoms with Crippen molar-refractivity contribution in [2.75, 3.05) is 0 Å². The van der Waals surface area contributed by atoms with Gasteiger partial charge in [-0.15, -0.1) is 22.7 Å². The van der Waals surface area contributed by atoms with Crippen LogP contribution in [0.4, 0.5) is 18.9 Å². The molecule has 0 spiro atoms. The molecule has 0 fully saturated rings. The molecule has 17 heavy (non-hydrogen) atoms. The molecule has 3 nitrogen and oxygen atoms in total. The van der Waals surface area contributed by atoms with E-state index in [0.717, 1.165) is 28.7 Å². The van der Waals surface area contributed by atoms with Gasteiger partial charge in [-0.05, 0) is 6.07 Å². The fourth-order valence-electron chi connectivity index (χ4n) is 1.26. The Balaban J connectivity index is 2.85. The number of hydrogen-bond donors (Lipinski definition) is 0. The highest BCUT2D eigenvalue weighted by Gasteiger charge is 2.33. The average Bonchev–Trinajstić information content (AvgIpc) is 2.54. The van der Waals surface area contributed by atoms with E-state index in [2.05, 4.69) is 0 Å². The lowest BCUT2D eigenvalue weighted by Crippen LogP contribution is -2.05. The van der Waals surface area contributed by atoms with Gasteiger partial charge < -0.3 is 0 Å². The van der Waals surface area contributed by atoms with E-state index < -0.39 is 22.4 Å². The van der Waals surface area contributed by atoms with Gasteiger partial charge in [-0.2, -0.15) is 13.2 Å². The number of nitrogens with zero attached hydrogens (tertiary/aromatic N) is 1. The molecular weight excluding hydrogens is 295 g/mol. The zero-order chi connectivity index (χ0) is 12.8. The zero-order valence-corrected chi connectivity index (χ0v) is 10.2. The summed E-state index contributed by atoms with van der Waals surface area (Å²) in [4.78, 5) is 9.89. The molecule has 0 N–H and O–H groups in total. The summed E-state index contributed by atoms with van der Waals surface area (Å²) in [5, 5.41) is 10.7. The van der Waals surface area contributed by atoms with Crippen LogP contribution in [-0.4, -0.2) is 4.92 Å². The topological polar surface area (TPSA) is 43.1 Å². The monoisotopic (exact) mass is 297 g/mol. The summed E-state index contributed by atoms with van der Waals surface area (Å²) in [5.41, 5.74) is -1.58. The maximum absolute atomic E-state index is 12.5. The van der Waals surface area contributed by atoms with Crippen molar-refractivity contribution < 1.29 is 18.1 Å². The van der Waals surface area contributed by atoms with Crippen LogP contribution < -0.4 is 0 Å². The van der Waals surface area contributed by atoms with Crippen LogP contribution in [-0.2, 0) is 6.18 Å². The summed E-state index contributed by atoms with van der Waals surface area (Å²) in [5.74, 6) is 0. The molecule has 90 valence electrons. The van der Waals surface area contributed by atoms with Crippen LogP contribution in [0.15, 0.2) is 12.1 Å². The first-order chi connectivity index (χ1) is 7.79. The van der Waals surface area contributed by atoms with Crippen LogP contribution in [0.1, 0.15) is 5.56 Å². The summed E-state index contributed by atoms with van der Waals surface area (Å²) >= 11 is 6.72. The number of hydrogen-bond acceptors (Lipinski definition) is 5. The van der Waals surface area contributed by atoms with Crippen LogP contribution in [0.5, 0.6) is 0 Å². The maximum atomic E-state index is 12.5.